The maximum absolute atomic E-state index is 13.2. The molecular weight excluding hydrogens is 312 g/mol. The third kappa shape index (κ3) is 3.06. The van der Waals surface area contributed by atoms with Crippen molar-refractivity contribution in [1.82, 2.24) is 9.97 Å². The summed E-state index contributed by atoms with van der Waals surface area (Å²) in [6.45, 7) is 1.67. The lowest BCUT2D eigenvalue weighted by Crippen LogP contribution is -2.15. The van der Waals surface area contributed by atoms with E-state index in [-0.39, 0.29) is 10.7 Å². The van der Waals surface area contributed by atoms with Crippen LogP contribution < -0.4 is 4.72 Å². The number of nitrogens with one attached hydrogen (secondary N) is 1. The zero-order chi connectivity index (χ0) is 15.9. The molecule has 1 saturated carbocycles. The van der Waals surface area contributed by atoms with Gasteiger partial charge in [0.25, 0.3) is 10.0 Å². The maximum atomic E-state index is 13.2. The average Bonchev–Trinajstić information content (AvgIpc) is 3.25. The second kappa shape index (κ2) is 5.28. The maximum Gasteiger partial charge on any atom is 0.263 e. The van der Waals surface area contributed by atoms with Crippen LogP contribution in [0.2, 0.25) is 0 Å². The molecule has 3 rings (SSSR count). The van der Waals surface area contributed by atoms with E-state index in [1.165, 1.54) is 0 Å². The molecule has 0 saturated heterocycles. The van der Waals surface area contributed by atoms with Gasteiger partial charge in [0.05, 0.1) is 4.90 Å². The second-order valence-corrected chi connectivity index (χ2v) is 6.86. The smallest absolute Gasteiger partial charge is 0.263 e. The van der Waals surface area contributed by atoms with Crippen molar-refractivity contribution in [2.75, 3.05) is 4.72 Å². The molecule has 1 aliphatic carbocycles. The van der Waals surface area contributed by atoms with Crippen molar-refractivity contribution >= 4 is 15.8 Å². The first kappa shape index (κ1) is 14.8. The number of anilines is 1. The quantitative estimate of drug-likeness (QED) is 0.938. The first-order valence-corrected chi connectivity index (χ1v) is 8.17. The van der Waals surface area contributed by atoms with E-state index in [4.69, 9.17) is 0 Å². The van der Waals surface area contributed by atoms with Crippen LogP contribution in [0.25, 0.3) is 0 Å². The molecule has 1 fully saturated rings. The van der Waals surface area contributed by atoms with Gasteiger partial charge in [-0.2, -0.15) is 0 Å². The lowest BCUT2D eigenvalue weighted by Gasteiger charge is -2.09. The topological polar surface area (TPSA) is 72.0 Å². The van der Waals surface area contributed by atoms with Crippen LogP contribution >= 0.6 is 0 Å². The van der Waals surface area contributed by atoms with Gasteiger partial charge in [-0.15, -0.1) is 0 Å². The minimum atomic E-state index is -4.04. The van der Waals surface area contributed by atoms with Gasteiger partial charge in [0.15, 0.2) is 11.6 Å². The first-order chi connectivity index (χ1) is 10.3. The molecule has 22 heavy (non-hydrogen) atoms. The third-order valence-electron chi connectivity index (χ3n) is 3.29. The summed E-state index contributed by atoms with van der Waals surface area (Å²) in [5.41, 5.74) is 0.787. The Morgan fingerprint density at radius 2 is 1.86 bits per heavy atom. The zero-order valence-corrected chi connectivity index (χ0v) is 12.5. The lowest BCUT2D eigenvalue weighted by atomic mass is 10.3. The molecule has 2 aromatic rings. The van der Waals surface area contributed by atoms with Crippen molar-refractivity contribution < 1.29 is 17.2 Å². The van der Waals surface area contributed by atoms with E-state index in [0.29, 0.717) is 17.8 Å². The van der Waals surface area contributed by atoms with Gasteiger partial charge in [0.1, 0.15) is 11.6 Å². The van der Waals surface area contributed by atoms with E-state index in [1.54, 1.807) is 13.0 Å². The molecule has 0 spiro atoms. The third-order valence-corrected chi connectivity index (χ3v) is 4.65. The van der Waals surface area contributed by atoms with Gasteiger partial charge in [-0.1, -0.05) is 0 Å². The van der Waals surface area contributed by atoms with E-state index in [0.717, 1.165) is 30.7 Å². The number of aryl methyl sites for hydroxylation is 1. The number of hydrogen-bond acceptors (Lipinski definition) is 4. The SMILES string of the molecule is Cc1nc(NS(=O)(=O)c2ccc(F)c(F)c2)cc(C2CC2)n1. The van der Waals surface area contributed by atoms with Gasteiger partial charge >= 0.3 is 0 Å². The van der Waals surface area contributed by atoms with E-state index in [1.807, 2.05) is 0 Å². The van der Waals surface area contributed by atoms with Gasteiger partial charge in [0, 0.05) is 17.7 Å². The van der Waals surface area contributed by atoms with Crippen molar-refractivity contribution in [2.45, 2.75) is 30.6 Å². The summed E-state index contributed by atoms with van der Waals surface area (Å²) >= 11 is 0. The van der Waals surface area contributed by atoms with Crippen LogP contribution in [0, 0.1) is 18.6 Å². The van der Waals surface area contributed by atoms with Crippen LogP contribution in [0.15, 0.2) is 29.2 Å². The minimum absolute atomic E-state index is 0.124. The molecular formula is C14H13F2N3O2S. The van der Waals surface area contributed by atoms with Gasteiger partial charge < -0.3 is 0 Å². The Labute approximate surface area is 126 Å². The normalized spacial score (nSPS) is 14.9. The standard InChI is InChI=1S/C14H13F2N3O2S/c1-8-17-13(9-2-3-9)7-14(18-8)19-22(20,21)10-4-5-11(15)12(16)6-10/h4-7,9H,2-3H2,1H3,(H,17,18,19). The number of benzene rings is 1. The van der Waals surface area contributed by atoms with Gasteiger partial charge in [-0.05, 0) is 38.0 Å². The van der Waals surface area contributed by atoms with Gasteiger partial charge in [-0.25, -0.2) is 27.2 Å². The van der Waals surface area contributed by atoms with Crippen LogP contribution in [0.3, 0.4) is 0 Å². The molecule has 1 aromatic heterocycles. The summed E-state index contributed by atoms with van der Waals surface area (Å²) in [6.07, 6.45) is 2.04. The number of hydrogen-bond donors (Lipinski definition) is 1. The highest BCUT2D eigenvalue weighted by molar-refractivity contribution is 7.92. The van der Waals surface area contributed by atoms with E-state index in [2.05, 4.69) is 14.7 Å². The van der Waals surface area contributed by atoms with Crippen molar-refractivity contribution in [3.63, 3.8) is 0 Å². The fraction of sp³-hybridized carbons (Fsp3) is 0.286. The molecule has 1 N–H and O–H groups in total. The number of nitrogens with zero attached hydrogens (tertiary/aromatic N) is 2. The fourth-order valence-corrected chi connectivity index (χ4v) is 3.08. The summed E-state index contributed by atoms with van der Waals surface area (Å²) in [5.74, 6) is -1.41. The Hall–Kier alpha value is -2.09. The van der Waals surface area contributed by atoms with Crippen molar-refractivity contribution in [2.24, 2.45) is 0 Å². The summed E-state index contributed by atoms with van der Waals surface area (Å²) in [4.78, 5) is 7.93. The molecule has 1 heterocycles. The van der Waals surface area contributed by atoms with Crippen LogP contribution in [0.1, 0.15) is 30.3 Å². The Kier molecular flexibility index (Phi) is 3.56. The summed E-state index contributed by atoms with van der Waals surface area (Å²) < 4.78 is 52.8. The highest BCUT2D eigenvalue weighted by Gasteiger charge is 2.26. The highest BCUT2D eigenvalue weighted by atomic mass is 32.2. The number of rotatable bonds is 4. The number of halogens is 2. The molecule has 5 nitrogen and oxygen atoms in total. The Balaban J connectivity index is 1.92. The van der Waals surface area contributed by atoms with E-state index < -0.39 is 21.7 Å². The predicted octanol–water partition coefficient (Wildman–Crippen LogP) is 2.74. The largest absolute Gasteiger partial charge is 0.263 e. The molecule has 1 aliphatic rings. The summed E-state index contributed by atoms with van der Waals surface area (Å²) in [6, 6.07) is 3.97. The van der Waals surface area contributed by atoms with Crippen LogP contribution in [-0.4, -0.2) is 18.4 Å². The molecule has 116 valence electrons. The van der Waals surface area contributed by atoms with Gasteiger partial charge in [0.2, 0.25) is 0 Å². The van der Waals surface area contributed by atoms with Crippen molar-refractivity contribution in [1.29, 1.82) is 0 Å². The molecule has 0 unspecified atom stereocenters. The molecule has 0 amide bonds. The Morgan fingerprint density at radius 3 is 2.50 bits per heavy atom. The minimum Gasteiger partial charge on any atom is -0.263 e. The Morgan fingerprint density at radius 1 is 1.14 bits per heavy atom. The average molecular weight is 325 g/mol. The lowest BCUT2D eigenvalue weighted by molar-refractivity contribution is 0.504. The van der Waals surface area contributed by atoms with Crippen LogP contribution in [-0.2, 0) is 10.0 Å². The van der Waals surface area contributed by atoms with E-state index >= 15 is 0 Å². The zero-order valence-electron chi connectivity index (χ0n) is 11.7. The molecule has 0 radical (unpaired) electrons. The summed E-state index contributed by atoms with van der Waals surface area (Å²) in [5, 5.41) is 0. The first-order valence-electron chi connectivity index (χ1n) is 6.68. The highest BCUT2D eigenvalue weighted by Crippen LogP contribution is 2.39. The molecule has 1 aromatic carbocycles. The fourth-order valence-electron chi connectivity index (χ4n) is 2.07. The summed E-state index contributed by atoms with van der Waals surface area (Å²) in [7, 11) is -4.04. The Bertz CT molecular complexity index is 836. The predicted molar refractivity (Wildman–Crippen MR) is 75.9 cm³/mol. The van der Waals surface area contributed by atoms with Crippen molar-refractivity contribution in [3.8, 4) is 0 Å². The van der Waals surface area contributed by atoms with Crippen molar-refractivity contribution in [3.05, 3.63) is 47.4 Å². The van der Waals surface area contributed by atoms with Gasteiger partial charge in [-0.3, -0.25) is 4.72 Å². The van der Waals surface area contributed by atoms with E-state index in [9.17, 15) is 17.2 Å². The molecule has 0 atom stereocenters. The monoisotopic (exact) mass is 325 g/mol. The number of sulfonamides is 1. The second-order valence-electron chi connectivity index (χ2n) is 5.18. The number of aromatic nitrogens is 2. The molecule has 8 heteroatoms. The van der Waals surface area contributed by atoms with Crippen LogP contribution in [0.4, 0.5) is 14.6 Å². The molecule has 0 aliphatic heterocycles. The van der Waals surface area contributed by atoms with Crippen LogP contribution in [0.5, 0.6) is 0 Å². The molecule has 0 bridgehead atoms.